The molecule has 2 amide bonds. The molecule has 0 aliphatic carbocycles. The van der Waals surface area contributed by atoms with E-state index in [0.717, 1.165) is 0 Å². The first-order chi connectivity index (χ1) is 19.8. The molecule has 226 valence electrons. The quantitative estimate of drug-likeness (QED) is 0.281. The number of benzene rings is 2. The van der Waals surface area contributed by atoms with Crippen molar-refractivity contribution in [2.24, 2.45) is 0 Å². The maximum absolute atomic E-state index is 13.0. The number of amides is 2. The second kappa shape index (κ2) is 13.9. The Bertz CT molecular complexity index is 1570. The van der Waals surface area contributed by atoms with Gasteiger partial charge in [-0.2, -0.15) is 8.61 Å². The van der Waals surface area contributed by atoms with Gasteiger partial charge in [-0.3, -0.25) is 9.59 Å². The fourth-order valence-electron chi connectivity index (χ4n) is 4.04. The number of hydrogen-bond acceptors (Lipinski definition) is 7. The number of nitrogens with zero attached hydrogens (tertiary/aromatic N) is 3. The van der Waals surface area contributed by atoms with Gasteiger partial charge >= 0.3 is 0 Å². The molecule has 11 nitrogen and oxygen atoms in total. The van der Waals surface area contributed by atoms with Gasteiger partial charge in [0.2, 0.25) is 20.0 Å². The average Bonchev–Trinajstić information content (AvgIpc) is 2.94. The molecule has 0 saturated carbocycles. The Morgan fingerprint density at radius 2 is 1.02 bits per heavy atom. The molecule has 0 radical (unpaired) electrons. The third-order valence-electron chi connectivity index (χ3n) is 6.28. The zero-order chi connectivity index (χ0) is 31.2. The number of aromatic nitrogens is 1. The monoisotopic (exact) mass is 655 g/mol. The van der Waals surface area contributed by atoms with Crippen LogP contribution in [0.5, 0.6) is 0 Å². The van der Waals surface area contributed by atoms with E-state index in [1.807, 2.05) is 0 Å². The summed E-state index contributed by atoms with van der Waals surface area (Å²) in [6.07, 6.45) is 0. The second-order valence-electron chi connectivity index (χ2n) is 8.78. The average molecular weight is 657 g/mol. The number of carbonyl (C=O) groups is 2. The molecule has 0 aliphatic heterocycles. The lowest BCUT2D eigenvalue weighted by molar-refractivity contribution is 0.101. The molecule has 3 aromatic rings. The smallest absolute Gasteiger partial charge is 0.258 e. The van der Waals surface area contributed by atoms with E-state index in [-0.39, 0.29) is 68.8 Å². The topological polar surface area (TPSA) is 146 Å². The summed E-state index contributed by atoms with van der Waals surface area (Å²) in [4.78, 5) is 30.1. The van der Waals surface area contributed by atoms with Crippen LogP contribution in [0.2, 0.25) is 10.0 Å². The Morgan fingerprint density at radius 1 is 0.667 bits per heavy atom. The van der Waals surface area contributed by atoms with Crippen molar-refractivity contribution >= 4 is 66.7 Å². The minimum absolute atomic E-state index is 0.0321. The summed E-state index contributed by atoms with van der Waals surface area (Å²) in [5, 5.41) is 5.16. The van der Waals surface area contributed by atoms with Gasteiger partial charge < -0.3 is 10.6 Å². The molecule has 2 aromatic carbocycles. The van der Waals surface area contributed by atoms with Crippen LogP contribution in [0.1, 0.15) is 48.4 Å². The van der Waals surface area contributed by atoms with Crippen molar-refractivity contribution in [3.05, 3.63) is 75.8 Å². The van der Waals surface area contributed by atoms with Gasteiger partial charge in [-0.05, 0) is 48.5 Å². The molecule has 0 unspecified atom stereocenters. The third kappa shape index (κ3) is 7.28. The number of carbonyl (C=O) groups excluding carboxylic acids is 2. The number of pyridine rings is 1. The van der Waals surface area contributed by atoms with Crippen molar-refractivity contribution in [2.45, 2.75) is 37.5 Å². The summed E-state index contributed by atoms with van der Waals surface area (Å²) in [6.45, 7) is 7.86. The highest BCUT2D eigenvalue weighted by molar-refractivity contribution is 7.89. The van der Waals surface area contributed by atoms with Crippen molar-refractivity contribution in [1.29, 1.82) is 0 Å². The first-order valence-corrected chi connectivity index (χ1v) is 16.6. The van der Waals surface area contributed by atoms with Gasteiger partial charge in [0.15, 0.2) is 0 Å². The van der Waals surface area contributed by atoms with Crippen molar-refractivity contribution in [3.63, 3.8) is 0 Å². The van der Waals surface area contributed by atoms with E-state index >= 15 is 0 Å². The lowest BCUT2D eigenvalue weighted by Crippen LogP contribution is -2.30. The van der Waals surface area contributed by atoms with Gasteiger partial charge in [0, 0.05) is 26.2 Å². The number of nitrogens with one attached hydrogen (secondary N) is 2. The maximum atomic E-state index is 13.0. The summed E-state index contributed by atoms with van der Waals surface area (Å²) < 4.78 is 54.2. The number of rotatable bonds is 12. The van der Waals surface area contributed by atoms with Gasteiger partial charge in [0.1, 0.15) is 11.6 Å². The van der Waals surface area contributed by atoms with E-state index in [9.17, 15) is 26.4 Å². The fourth-order valence-corrected chi connectivity index (χ4v) is 7.42. The number of anilines is 2. The Kier molecular flexibility index (Phi) is 11.1. The van der Waals surface area contributed by atoms with E-state index < -0.39 is 31.9 Å². The molecule has 2 N–H and O–H groups in total. The van der Waals surface area contributed by atoms with Crippen LogP contribution in [0.3, 0.4) is 0 Å². The summed E-state index contributed by atoms with van der Waals surface area (Å²) in [6, 6.07) is 12.1. The van der Waals surface area contributed by atoms with Crippen LogP contribution >= 0.6 is 23.2 Å². The molecule has 0 fully saturated rings. The van der Waals surface area contributed by atoms with E-state index in [1.54, 1.807) is 27.7 Å². The Balaban J connectivity index is 1.84. The first-order valence-electron chi connectivity index (χ1n) is 13.0. The van der Waals surface area contributed by atoms with Crippen LogP contribution in [-0.2, 0) is 20.0 Å². The summed E-state index contributed by atoms with van der Waals surface area (Å²) in [7, 11) is -7.67. The third-order valence-corrected chi connectivity index (χ3v) is 11.0. The number of halogens is 2. The molecule has 0 saturated heterocycles. The predicted octanol–water partition coefficient (Wildman–Crippen LogP) is 4.95. The molecule has 0 aliphatic rings. The van der Waals surface area contributed by atoms with E-state index in [0.29, 0.717) is 0 Å². The molecule has 0 spiro atoms. The molecule has 15 heteroatoms. The molecule has 3 rings (SSSR count). The van der Waals surface area contributed by atoms with Gasteiger partial charge in [0.25, 0.3) is 11.8 Å². The van der Waals surface area contributed by atoms with Crippen LogP contribution in [0.4, 0.5) is 11.6 Å². The van der Waals surface area contributed by atoms with Gasteiger partial charge in [0.05, 0.1) is 31.0 Å². The normalized spacial score (nSPS) is 12.0. The molecule has 1 heterocycles. The summed E-state index contributed by atoms with van der Waals surface area (Å²) >= 11 is 12.4. The summed E-state index contributed by atoms with van der Waals surface area (Å²) in [5.41, 5.74) is -0.168. The SMILES string of the molecule is CCN(CC)S(=O)(=O)c1ccc(Cl)c(C(=O)Nc2cccc(NC(=O)c3cc(S(=O)(=O)N(CC)CC)ccc3Cl)n2)c1. The second-order valence-corrected chi connectivity index (χ2v) is 13.5. The zero-order valence-corrected chi connectivity index (χ0v) is 26.5. The van der Waals surface area contributed by atoms with Crippen LogP contribution in [0.25, 0.3) is 0 Å². The van der Waals surface area contributed by atoms with Crippen LogP contribution in [0.15, 0.2) is 64.4 Å². The van der Waals surface area contributed by atoms with Crippen molar-refractivity contribution in [2.75, 3.05) is 36.8 Å². The zero-order valence-electron chi connectivity index (χ0n) is 23.4. The standard InChI is InChI=1S/C27H31Cl2N5O6S2/c1-5-33(6-2)41(37,38)18-12-14-22(28)20(16-18)26(35)31-24-10-9-11-25(30-24)32-27(36)21-17-19(13-15-23(21)29)42(39,40)34(7-3)8-4/h9-17H,5-8H2,1-4H3,(H2,30,31,32,35,36). The number of sulfonamides is 2. The lowest BCUT2D eigenvalue weighted by atomic mass is 10.2. The predicted molar refractivity (Wildman–Crippen MR) is 163 cm³/mol. The largest absolute Gasteiger partial charge is 0.306 e. The minimum Gasteiger partial charge on any atom is -0.306 e. The molecule has 0 atom stereocenters. The highest BCUT2D eigenvalue weighted by atomic mass is 35.5. The van der Waals surface area contributed by atoms with Gasteiger partial charge in [-0.15, -0.1) is 0 Å². The summed E-state index contributed by atoms with van der Waals surface area (Å²) in [5.74, 6) is -1.36. The Morgan fingerprint density at radius 3 is 1.36 bits per heavy atom. The van der Waals surface area contributed by atoms with Gasteiger partial charge in [-0.1, -0.05) is 57.0 Å². The highest BCUT2D eigenvalue weighted by Gasteiger charge is 2.25. The van der Waals surface area contributed by atoms with E-state index in [1.165, 1.54) is 63.2 Å². The van der Waals surface area contributed by atoms with Gasteiger partial charge in [-0.25, -0.2) is 21.8 Å². The van der Waals surface area contributed by atoms with Crippen molar-refractivity contribution < 1.29 is 26.4 Å². The molecular weight excluding hydrogens is 625 g/mol. The highest BCUT2D eigenvalue weighted by Crippen LogP contribution is 2.26. The van der Waals surface area contributed by atoms with Crippen LogP contribution in [-0.4, -0.2) is 68.4 Å². The Labute approximate surface area is 255 Å². The van der Waals surface area contributed by atoms with E-state index in [4.69, 9.17) is 23.2 Å². The molecule has 0 bridgehead atoms. The Hall–Kier alpha value is -3.07. The maximum Gasteiger partial charge on any atom is 0.258 e. The van der Waals surface area contributed by atoms with Crippen LogP contribution < -0.4 is 10.6 Å². The first kappa shape index (κ1) is 33.4. The fraction of sp³-hybridized carbons (Fsp3) is 0.296. The molecule has 42 heavy (non-hydrogen) atoms. The van der Waals surface area contributed by atoms with Crippen LogP contribution in [0, 0.1) is 0 Å². The minimum atomic E-state index is -3.84. The molecular formula is C27H31Cl2N5O6S2. The lowest BCUT2D eigenvalue weighted by Gasteiger charge is -2.19. The number of hydrogen-bond donors (Lipinski definition) is 2. The van der Waals surface area contributed by atoms with E-state index in [2.05, 4.69) is 15.6 Å². The van der Waals surface area contributed by atoms with Crippen molar-refractivity contribution in [3.8, 4) is 0 Å². The van der Waals surface area contributed by atoms with Crippen molar-refractivity contribution in [1.82, 2.24) is 13.6 Å². The molecule has 1 aromatic heterocycles.